The Bertz CT molecular complexity index is 912. The van der Waals surface area contributed by atoms with Crippen LogP contribution in [0.15, 0.2) is 53.5 Å². The van der Waals surface area contributed by atoms with Crippen molar-refractivity contribution in [2.45, 2.75) is 43.4 Å². The molecular formula is C22H23ClN2O3. The fourth-order valence-corrected chi connectivity index (χ4v) is 4.34. The third-order valence-corrected chi connectivity index (χ3v) is 5.85. The number of ketones is 1. The van der Waals surface area contributed by atoms with Crippen molar-refractivity contribution in [1.29, 1.82) is 0 Å². The van der Waals surface area contributed by atoms with Gasteiger partial charge in [-0.15, -0.1) is 0 Å². The van der Waals surface area contributed by atoms with Gasteiger partial charge in [-0.3, -0.25) is 4.79 Å². The number of benzene rings is 2. The number of Topliss-reactive ketones (excluding diaryl/α,β-unsaturated/α-hetero) is 1. The minimum atomic E-state index is -0.994. The molecule has 1 fully saturated rings. The summed E-state index contributed by atoms with van der Waals surface area (Å²) >= 11 is 6.44. The van der Waals surface area contributed by atoms with Gasteiger partial charge in [0.1, 0.15) is 5.75 Å². The van der Waals surface area contributed by atoms with Crippen LogP contribution in [-0.2, 0) is 21.5 Å². The van der Waals surface area contributed by atoms with Gasteiger partial charge in [-0.05, 0) is 49.4 Å². The predicted octanol–water partition coefficient (Wildman–Crippen LogP) is 3.66. The first-order valence-corrected chi connectivity index (χ1v) is 9.85. The monoisotopic (exact) mass is 398 g/mol. The van der Waals surface area contributed by atoms with E-state index < -0.39 is 17.7 Å². The molecular weight excluding hydrogens is 376 g/mol. The van der Waals surface area contributed by atoms with Crippen molar-refractivity contribution in [3.63, 3.8) is 0 Å². The fraction of sp³-hybridized carbons (Fsp3) is 0.364. The van der Waals surface area contributed by atoms with Crippen molar-refractivity contribution in [3.05, 3.63) is 64.7 Å². The zero-order valence-electron chi connectivity index (χ0n) is 15.7. The molecule has 146 valence electrons. The van der Waals surface area contributed by atoms with Gasteiger partial charge in [0.05, 0.1) is 13.2 Å². The number of ether oxygens (including phenoxy) is 2. The SMILES string of the molecule is COc1ccc(CC(N)C2=N[C@@]3(c4ccccc4Cl)CCC[C@@H](O2)C3=O)cc1. The second-order valence-corrected chi connectivity index (χ2v) is 7.72. The summed E-state index contributed by atoms with van der Waals surface area (Å²) in [6.07, 6.45) is 2.20. The topological polar surface area (TPSA) is 73.9 Å². The standard InChI is InChI=1S/C22H23ClN2O3/c1-27-15-10-8-14(9-11-15)13-18(24)21-25-22(16-5-2-3-6-17(16)23)12-4-7-19(28-21)20(22)26/h2-3,5-6,8-11,18-19H,4,7,12-13,24H2,1H3/t18?,19-,22-/m1/s1. The summed E-state index contributed by atoms with van der Waals surface area (Å²) in [7, 11) is 1.63. The maximum atomic E-state index is 13.1. The Kier molecular flexibility index (Phi) is 5.13. The van der Waals surface area contributed by atoms with Gasteiger partial charge < -0.3 is 15.2 Å². The molecule has 0 saturated heterocycles. The van der Waals surface area contributed by atoms with Gasteiger partial charge in [-0.1, -0.05) is 41.9 Å². The van der Waals surface area contributed by atoms with Crippen LogP contribution in [0, 0.1) is 0 Å². The number of nitrogens with zero attached hydrogens (tertiary/aromatic N) is 1. The third kappa shape index (κ3) is 3.29. The molecule has 2 aromatic carbocycles. The number of rotatable bonds is 5. The average Bonchev–Trinajstić information content (AvgIpc) is 2.69. The zero-order valence-corrected chi connectivity index (χ0v) is 16.5. The largest absolute Gasteiger partial charge is 0.497 e. The first kappa shape index (κ1) is 19.0. The molecule has 5 nitrogen and oxygen atoms in total. The number of hydrogen-bond acceptors (Lipinski definition) is 5. The summed E-state index contributed by atoms with van der Waals surface area (Å²) < 4.78 is 11.1. The highest BCUT2D eigenvalue weighted by Crippen LogP contribution is 2.44. The van der Waals surface area contributed by atoms with Crippen molar-refractivity contribution in [1.82, 2.24) is 0 Å². The molecule has 1 saturated carbocycles. The van der Waals surface area contributed by atoms with Crippen LogP contribution in [0.3, 0.4) is 0 Å². The molecule has 1 heterocycles. The molecule has 0 spiro atoms. The first-order valence-electron chi connectivity index (χ1n) is 9.48. The third-order valence-electron chi connectivity index (χ3n) is 5.52. The van der Waals surface area contributed by atoms with Crippen LogP contribution in [0.5, 0.6) is 5.75 Å². The van der Waals surface area contributed by atoms with E-state index in [4.69, 9.17) is 31.8 Å². The number of carbonyl (C=O) groups is 1. The Labute approximate surface area is 169 Å². The van der Waals surface area contributed by atoms with E-state index in [2.05, 4.69) is 0 Å². The van der Waals surface area contributed by atoms with Crippen molar-refractivity contribution < 1.29 is 14.3 Å². The highest BCUT2D eigenvalue weighted by atomic mass is 35.5. The molecule has 2 N–H and O–H groups in total. The Morgan fingerprint density at radius 2 is 2.04 bits per heavy atom. The lowest BCUT2D eigenvalue weighted by Gasteiger charge is -2.42. The van der Waals surface area contributed by atoms with Crippen LogP contribution in [0.25, 0.3) is 0 Å². The van der Waals surface area contributed by atoms with E-state index in [9.17, 15) is 4.79 Å². The molecule has 0 aromatic heterocycles. The van der Waals surface area contributed by atoms with E-state index in [-0.39, 0.29) is 5.78 Å². The Morgan fingerprint density at radius 1 is 1.29 bits per heavy atom. The van der Waals surface area contributed by atoms with Gasteiger partial charge in [0.2, 0.25) is 11.7 Å². The predicted molar refractivity (Wildman–Crippen MR) is 109 cm³/mol. The van der Waals surface area contributed by atoms with E-state index in [0.29, 0.717) is 30.2 Å². The van der Waals surface area contributed by atoms with E-state index in [1.54, 1.807) is 13.2 Å². The number of fused-ring (bicyclic) bond motifs is 2. The lowest BCUT2D eigenvalue weighted by Crippen LogP contribution is -2.54. The highest BCUT2D eigenvalue weighted by molar-refractivity contribution is 6.32. The number of nitrogens with two attached hydrogens (primary N) is 1. The van der Waals surface area contributed by atoms with Crippen molar-refractivity contribution in [3.8, 4) is 5.75 Å². The molecule has 4 rings (SSSR count). The van der Waals surface area contributed by atoms with E-state index in [1.165, 1.54) is 0 Å². The van der Waals surface area contributed by atoms with E-state index in [0.717, 1.165) is 23.3 Å². The number of methoxy groups -OCH3 is 1. The molecule has 0 amide bonds. The fourth-order valence-electron chi connectivity index (χ4n) is 4.04. The summed E-state index contributed by atoms with van der Waals surface area (Å²) in [5.41, 5.74) is 7.24. The summed E-state index contributed by atoms with van der Waals surface area (Å²) in [6, 6.07) is 14.7. The van der Waals surface area contributed by atoms with Crippen molar-refractivity contribution >= 4 is 23.3 Å². The van der Waals surface area contributed by atoms with Crippen LogP contribution in [0.1, 0.15) is 30.4 Å². The van der Waals surface area contributed by atoms with Gasteiger partial charge >= 0.3 is 0 Å². The van der Waals surface area contributed by atoms with Gasteiger partial charge in [0, 0.05) is 10.6 Å². The second kappa shape index (κ2) is 7.57. The van der Waals surface area contributed by atoms with Crippen LogP contribution in [0.2, 0.25) is 5.02 Å². The minimum absolute atomic E-state index is 0.0211. The Hall–Kier alpha value is -2.37. The molecule has 1 aliphatic heterocycles. The summed E-state index contributed by atoms with van der Waals surface area (Å²) in [5.74, 6) is 1.20. The first-order chi connectivity index (χ1) is 13.5. The lowest BCUT2D eigenvalue weighted by molar-refractivity contribution is -0.137. The summed E-state index contributed by atoms with van der Waals surface area (Å²) in [6.45, 7) is 0. The van der Waals surface area contributed by atoms with Crippen LogP contribution >= 0.6 is 11.6 Å². The summed E-state index contributed by atoms with van der Waals surface area (Å²) in [5, 5.41) is 0.547. The van der Waals surface area contributed by atoms with Gasteiger partial charge in [0.25, 0.3) is 0 Å². The highest BCUT2D eigenvalue weighted by Gasteiger charge is 2.52. The second-order valence-electron chi connectivity index (χ2n) is 7.31. The minimum Gasteiger partial charge on any atom is -0.497 e. The molecule has 3 atom stereocenters. The number of halogens is 1. The maximum absolute atomic E-state index is 13.1. The van der Waals surface area contributed by atoms with Crippen LogP contribution < -0.4 is 10.5 Å². The van der Waals surface area contributed by atoms with Crippen molar-refractivity contribution in [2.75, 3.05) is 7.11 Å². The van der Waals surface area contributed by atoms with Crippen molar-refractivity contribution in [2.24, 2.45) is 10.7 Å². The molecule has 2 aromatic rings. The molecule has 2 bridgehead atoms. The molecule has 1 aliphatic carbocycles. The maximum Gasteiger partial charge on any atom is 0.205 e. The van der Waals surface area contributed by atoms with Crippen LogP contribution in [-0.4, -0.2) is 30.9 Å². The molecule has 28 heavy (non-hydrogen) atoms. The number of hydrogen-bond donors (Lipinski definition) is 1. The van der Waals surface area contributed by atoms with Gasteiger partial charge in [0.15, 0.2) is 11.6 Å². The van der Waals surface area contributed by atoms with E-state index >= 15 is 0 Å². The molecule has 1 unspecified atom stereocenters. The normalized spacial score (nSPS) is 24.9. The van der Waals surface area contributed by atoms with Crippen LogP contribution in [0.4, 0.5) is 0 Å². The van der Waals surface area contributed by atoms with Gasteiger partial charge in [-0.2, -0.15) is 0 Å². The zero-order chi connectivity index (χ0) is 19.7. The molecule has 6 heteroatoms. The Balaban J connectivity index is 1.67. The molecule has 0 radical (unpaired) electrons. The Morgan fingerprint density at radius 3 is 2.75 bits per heavy atom. The number of carbonyl (C=O) groups excluding carboxylic acids is 1. The summed E-state index contributed by atoms with van der Waals surface area (Å²) in [4.78, 5) is 17.9. The number of aliphatic imine (C=N–C) groups is 1. The lowest BCUT2D eigenvalue weighted by atomic mass is 9.73. The van der Waals surface area contributed by atoms with E-state index in [1.807, 2.05) is 42.5 Å². The smallest absolute Gasteiger partial charge is 0.205 e. The molecule has 2 aliphatic rings. The quantitative estimate of drug-likeness (QED) is 0.834. The average molecular weight is 399 g/mol. The van der Waals surface area contributed by atoms with Gasteiger partial charge in [-0.25, -0.2) is 4.99 Å².